The third-order valence-electron chi connectivity index (χ3n) is 8.18. The number of aromatic hydroxyl groups is 1. The molecule has 9 heteroatoms. The third kappa shape index (κ3) is 10.1. The zero-order valence-electron chi connectivity index (χ0n) is 23.8. The number of ether oxygens (including phenoxy) is 1. The molecule has 220 valence electrons. The van der Waals surface area contributed by atoms with E-state index in [1.807, 2.05) is 24.5 Å². The molecule has 0 spiro atoms. The lowest BCUT2D eigenvalue weighted by atomic mass is 10.00. The van der Waals surface area contributed by atoms with Gasteiger partial charge in [-0.1, -0.05) is 18.9 Å². The van der Waals surface area contributed by atoms with Crippen LogP contribution in [0.25, 0.3) is 0 Å². The molecule has 3 aliphatic rings. The molecule has 2 saturated carbocycles. The number of nitrogens with zero attached hydrogens (tertiary/aromatic N) is 2. The van der Waals surface area contributed by atoms with E-state index in [2.05, 4.69) is 20.5 Å². The molecule has 1 aromatic rings. The topological polar surface area (TPSA) is 129 Å². The van der Waals surface area contributed by atoms with Crippen LogP contribution in [-0.2, 0) is 16.0 Å². The minimum Gasteiger partial charge on any atom is -0.504 e. The zero-order chi connectivity index (χ0) is 28.2. The molecule has 9 nitrogen and oxygen atoms in total. The van der Waals surface area contributed by atoms with Crippen molar-refractivity contribution in [1.29, 1.82) is 0 Å². The first-order valence-corrected chi connectivity index (χ1v) is 15.2. The number of aliphatic imine (C=N–C) groups is 1. The van der Waals surface area contributed by atoms with Gasteiger partial charge in [0.2, 0.25) is 0 Å². The fourth-order valence-corrected chi connectivity index (χ4v) is 5.84. The second-order valence-corrected chi connectivity index (χ2v) is 11.5. The molecule has 0 amide bonds. The van der Waals surface area contributed by atoms with Crippen molar-refractivity contribution in [2.45, 2.75) is 114 Å². The van der Waals surface area contributed by atoms with E-state index in [9.17, 15) is 14.7 Å². The van der Waals surface area contributed by atoms with Gasteiger partial charge in [-0.2, -0.15) is 0 Å². The van der Waals surface area contributed by atoms with Crippen molar-refractivity contribution in [3.63, 3.8) is 0 Å². The average molecular weight is 554 g/mol. The van der Waals surface area contributed by atoms with Gasteiger partial charge in [0.25, 0.3) is 0 Å². The van der Waals surface area contributed by atoms with Crippen molar-refractivity contribution in [3.05, 3.63) is 36.2 Å². The SMILES string of the molecule is NC(=NC1CCCC1)N[C@H](CCCC(=O)CC(=O)CCc1ccc(O)c(OC2CCCC2)c1)CCN1C=CNC1. The number of phenols is 1. The molecule has 1 atom stereocenters. The largest absolute Gasteiger partial charge is 0.504 e. The number of aryl methyl sites for hydroxylation is 1. The standard InChI is InChI=1S/C31H47N5O4/c32-31(34-24-6-1-2-7-24)35-25(16-18-36-19-17-33-22-36)8-5-9-26(37)21-27(38)14-12-23-13-15-29(39)30(20-23)40-28-10-3-4-11-28/h13,15,17,19-20,24-25,28,33,39H,1-12,14,16,18,21-22H2,(H3,32,34,35)/t25-/m1/s1. The molecule has 40 heavy (non-hydrogen) atoms. The van der Waals surface area contributed by atoms with Crippen LogP contribution in [0.15, 0.2) is 35.6 Å². The van der Waals surface area contributed by atoms with Crippen molar-refractivity contribution in [1.82, 2.24) is 15.5 Å². The zero-order valence-corrected chi connectivity index (χ0v) is 23.8. The molecule has 0 saturated heterocycles. The Morgan fingerprint density at radius 1 is 1.10 bits per heavy atom. The van der Waals surface area contributed by atoms with E-state index in [-0.39, 0.29) is 35.9 Å². The predicted octanol–water partition coefficient (Wildman–Crippen LogP) is 4.28. The van der Waals surface area contributed by atoms with Gasteiger partial charge in [0.15, 0.2) is 17.5 Å². The molecule has 0 radical (unpaired) electrons. The lowest BCUT2D eigenvalue weighted by Crippen LogP contribution is -2.42. The Bertz CT molecular complexity index is 1030. The number of benzene rings is 1. The van der Waals surface area contributed by atoms with E-state index in [0.717, 1.165) is 70.1 Å². The quantitative estimate of drug-likeness (QED) is 0.136. The van der Waals surface area contributed by atoms with Gasteiger partial charge >= 0.3 is 0 Å². The molecule has 1 aliphatic heterocycles. The molecule has 0 bridgehead atoms. The second-order valence-electron chi connectivity index (χ2n) is 11.5. The van der Waals surface area contributed by atoms with Crippen LogP contribution in [0.4, 0.5) is 0 Å². The van der Waals surface area contributed by atoms with E-state index in [0.29, 0.717) is 43.4 Å². The van der Waals surface area contributed by atoms with Crippen LogP contribution in [0, 0.1) is 0 Å². The van der Waals surface area contributed by atoms with Crippen molar-refractivity contribution in [2.24, 2.45) is 10.7 Å². The van der Waals surface area contributed by atoms with Gasteiger partial charge in [0.1, 0.15) is 11.6 Å². The lowest BCUT2D eigenvalue weighted by molar-refractivity contribution is -0.127. The Balaban J connectivity index is 1.18. The van der Waals surface area contributed by atoms with E-state index in [1.165, 1.54) is 12.8 Å². The van der Waals surface area contributed by atoms with Gasteiger partial charge in [-0.3, -0.25) is 14.6 Å². The molecule has 0 aromatic heterocycles. The van der Waals surface area contributed by atoms with Crippen molar-refractivity contribution >= 4 is 17.5 Å². The highest BCUT2D eigenvalue weighted by atomic mass is 16.5. The summed E-state index contributed by atoms with van der Waals surface area (Å²) in [5.74, 6) is 1.05. The van der Waals surface area contributed by atoms with Crippen LogP contribution in [0.3, 0.4) is 0 Å². The first-order chi connectivity index (χ1) is 19.4. The van der Waals surface area contributed by atoms with E-state index in [1.54, 1.807) is 6.07 Å². The minimum absolute atomic E-state index is 0.0148. The smallest absolute Gasteiger partial charge is 0.189 e. The highest BCUT2D eigenvalue weighted by Crippen LogP contribution is 2.32. The number of phenolic OH excluding ortho intramolecular Hbond substituents is 1. The lowest BCUT2D eigenvalue weighted by Gasteiger charge is -2.23. The number of nitrogens with one attached hydrogen (secondary N) is 2. The van der Waals surface area contributed by atoms with Crippen LogP contribution in [-0.4, -0.2) is 58.9 Å². The Hall–Kier alpha value is -3.23. The third-order valence-corrected chi connectivity index (χ3v) is 8.18. The van der Waals surface area contributed by atoms with E-state index in [4.69, 9.17) is 10.5 Å². The Morgan fingerprint density at radius 3 is 2.60 bits per heavy atom. The highest BCUT2D eigenvalue weighted by Gasteiger charge is 2.19. The van der Waals surface area contributed by atoms with E-state index >= 15 is 0 Å². The maximum atomic E-state index is 12.6. The van der Waals surface area contributed by atoms with Crippen LogP contribution in [0.1, 0.15) is 95.5 Å². The number of carbonyl (C=O) groups excluding carboxylic acids is 2. The van der Waals surface area contributed by atoms with Gasteiger partial charge in [0.05, 0.1) is 25.2 Å². The second kappa shape index (κ2) is 15.5. The first kappa shape index (κ1) is 29.7. The summed E-state index contributed by atoms with van der Waals surface area (Å²) >= 11 is 0. The summed E-state index contributed by atoms with van der Waals surface area (Å²) < 4.78 is 5.97. The molecule has 5 N–H and O–H groups in total. The summed E-state index contributed by atoms with van der Waals surface area (Å²) in [4.78, 5) is 32.0. The number of nitrogens with two attached hydrogens (primary N) is 1. The van der Waals surface area contributed by atoms with Gasteiger partial charge in [-0.15, -0.1) is 0 Å². The Labute approximate surface area is 238 Å². The number of hydrogen-bond donors (Lipinski definition) is 4. The predicted molar refractivity (Wildman–Crippen MR) is 157 cm³/mol. The minimum atomic E-state index is -0.0488. The average Bonchev–Trinajstić information content (AvgIpc) is 3.72. The normalized spacial score (nSPS) is 18.7. The van der Waals surface area contributed by atoms with Crippen molar-refractivity contribution in [3.8, 4) is 11.5 Å². The van der Waals surface area contributed by atoms with Crippen LogP contribution >= 0.6 is 0 Å². The molecular formula is C31H47N5O4. The Kier molecular flexibility index (Phi) is 11.5. The summed E-state index contributed by atoms with van der Waals surface area (Å²) in [7, 11) is 0. The number of ketones is 2. The molecule has 4 rings (SSSR count). The summed E-state index contributed by atoms with van der Waals surface area (Å²) in [6, 6.07) is 5.71. The monoisotopic (exact) mass is 553 g/mol. The summed E-state index contributed by atoms with van der Waals surface area (Å²) in [5, 5.41) is 16.7. The molecular weight excluding hydrogens is 506 g/mol. The van der Waals surface area contributed by atoms with E-state index < -0.39 is 0 Å². The number of guanidine groups is 1. The number of Topliss-reactive ketones (excluding diaryl/α,β-unsaturated/α-hetero) is 2. The van der Waals surface area contributed by atoms with Crippen molar-refractivity contribution in [2.75, 3.05) is 13.2 Å². The molecule has 1 heterocycles. The highest BCUT2D eigenvalue weighted by molar-refractivity contribution is 5.99. The number of carbonyl (C=O) groups is 2. The molecule has 0 unspecified atom stereocenters. The van der Waals surface area contributed by atoms with Crippen molar-refractivity contribution < 1.29 is 19.4 Å². The maximum absolute atomic E-state index is 12.6. The fourth-order valence-electron chi connectivity index (χ4n) is 5.84. The van der Waals surface area contributed by atoms with Crippen LogP contribution < -0.4 is 21.1 Å². The van der Waals surface area contributed by atoms with Crippen LogP contribution in [0.5, 0.6) is 11.5 Å². The molecule has 2 fully saturated rings. The number of hydrogen-bond acceptors (Lipinski definition) is 7. The summed E-state index contributed by atoms with van der Waals surface area (Å²) in [5.41, 5.74) is 7.17. The van der Waals surface area contributed by atoms with Gasteiger partial charge < -0.3 is 31.1 Å². The first-order valence-electron chi connectivity index (χ1n) is 15.2. The molecule has 1 aromatic carbocycles. The summed E-state index contributed by atoms with van der Waals surface area (Å²) in [6.07, 6.45) is 16.7. The molecule has 2 aliphatic carbocycles. The number of rotatable bonds is 16. The van der Waals surface area contributed by atoms with Gasteiger partial charge in [-0.05, 0) is 81.9 Å². The Morgan fingerprint density at radius 2 is 1.85 bits per heavy atom. The van der Waals surface area contributed by atoms with Gasteiger partial charge in [0, 0.05) is 37.8 Å². The maximum Gasteiger partial charge on any atom is 0.189 e. The van der Waals surface area contributed by atoms with Crippen LogP contribution in [0.2, 0.25) is 0 Å². The fraction of sp³-hybridized carbons (Fsp3) is 0.645. The summed E-state index contributed by atoms with van der Waals surface area (Å²) in [6.45, 7) is 1.69. The van der Waals surface area contributed by atoms with Gasteiger partial charge in [-0.25, -0.2) is 0 Å².